The van der Waals surface area contributed by atoms with E-state index in [0.29, 0.717) is 5.71 Å². The molecule has 0 saturated carbocycles. The summed E-state index contributed by atoms with van der Waals surface area (Å²) in [6.45, 7) is 9.09. The highest BCUT2D eigenvalue weighted by Crippen LogP contribution is 2.09. The molecule has 0 fully saturated rings. The first-order valence-electron chi connectivity index (χ1n) is 7.55. The van der Waals surface area contributed by atoms with Crippen molar-refractivity contribution in [3.8, 4) is 0 Å². The minimum atomic E-state index is 0.0109. The molecular weight excluding hydrogens is 306 g/mol. The molecule has 23 heavy (non-hydrogen) atoms. The predicted molar refractivity (Wildman–Crippen MR) is 100.0 cm³/mol. The molecule has 3 nitrogen and oxygen atoms in total. The zero-order valence-corrected chi connectivity index (χ0v) is 15.5. The largest absolute Gasteiger partial charge is 0.294 e. The average Bonchev–Trinajstić information content (AvgIpc) is 3.07. The summed E-state index contributed by atoms with van der Waals surface area (Å²) in [6.07, 6.45) is 0. The molecule has 0 aliphatic heterocycles. The van der Waals surface area contributed by atoms with Gasteiger partial charge in [0.05, 0.1) is 4.88 Å². The van der Waals surface area contributed by atoms with E-state index < -0.39 is 0 Å². The van der Waals surface area contributed by atoms with Gasteiger partial charge >= 0.3 is 0 Å². The van der Waals surface area contributed by atoms with E-state index in [0.717, 1.165) is 16.0 Å². The smallest absolute Gasteiger partial charge is 0.178 e. The summed E-state index contributed by atoms with van der Waals surface area (Å²) in [5.74, 6) is 0.164. The van der Waals surface area contributed by atoms with E-state index >= 15 is 0 Å². The Morgan fingerprint density at radius 3 is 1.96 bits per heavy atom. The molecule has 2 rings (SSSR count). The number of Topliss-reactive ketones (excluding diaryl/α,β-unsaturated/α-hetero) is 2. The molecule has 4 heteroatoms. The van der Waals surface area contributed by atoms with Crippen LogP contribution in [-0.4, -0.2) is 24.3 Å². The van der Waals surface area contributed by atoms with Crippen molar-refractivity contribution in [2.24, 2.45) is 4.99 Å². The lowest BCUT2D eigenvalue weighted by atomic mass is 10.0. The number of carbonyl (C=O) groups excluding carboxylic acids is 2. The number of hydrogen-bond donors (Lipinski definition) is 0. The number of rotatable bonds is 3. The van der Waals surface area contributed by atoms with Gasteiger partial charge in [-0.1, -0.05) is 44.2 Å². The molecule has 0 N–H and O–H groups in total. The highest BCUT2D eigenvalue weighted by atomic mass is 32.1. The first kappa shape index (κ1) is 20.9. The number of thiophene rings is 1. The molecule has 0 spiro atoms. The molecule has 0 amide bonds. The molecular formula is C19H25NO2S. The fourth-order valence-corrected chi connectivity index (χ4v) is 2.41. The number of nitrogens with zero attached hydrogens (tertiary/aromatic N) is 1. The van der Waals surface area contributed by atoms with Crippen LogP contribution in [0.5, 0.6) is 0 Å². The van der Waals surface area contributed by atoms with Gasteiger partial charge in [-0.15, -0.1) is 11.3 Å². The first-order chi connectivity index (χ1) is 11.0. The molecule has 1 heterocycles. The van der Waals surface area contributed by atoms with Gasteiger partial charge in [0.25, 0.3) is 0 Å². The summed E-state index contributed by atoms with van der Waals surface area (Å²) in [4.78, 5) is 26.5. The summed E-state index contributed by atoms with van der Waals surface area (Å²) < 4.78 is 0. The van der Waals surface area contributed by atoms with E-state index in [4.69, 9.17) is 0 Å². The van der Waals surface area contributed by atoms with Crippen LogP contribution in [0.3, 0.4) is 0 Å². The van der Waals surface area contributed by atoms with Gasteiger partial charge in [-0.05, 0) is 30.9 Å². The van der Waals surface area contributed by atoms with Gasteiger partial charge < -0.3 is 0 Å². The van der Waals surface area contributed by atoms with Crippen LogP contribution in [0.2, 0.25) is 0 Å². The predicted octanol–water partition coefficient (Wildman–Crippen LogP) is 4.98. The number of ketones is 2. The number of aliphatic imine (C=N–C) groups is 1. The van der Waals surface area contributed by atoms with E-state index in [-0.39, 0.29) is 11.6 Å². The van der Waals surface area contributed by atoms with Crippen LogP contribution in [0.25, 0.3) is 0 Å². The third-order valence-corrected chi connectivity index (χ3v) is 3.80. The molecule has 0 bridgehead atoms. The Bertz CT molecular complexity index is 643. The maximum atomic E-state index is 11.2. The van der Waals surface area contributed by atoms with Gasteiger partial charge in [-0.2, -0.15) is 0 Å². The van der Waals surface area contributed by atoms with Gasteiger partial charge in [0.15, 0.2) is 11.6 Å². The lowest BCUT2D eigenvalue weighted by molar-refractivity contribution is -0.111. The van der Waals surface area contributed by atoms with E-state index in [2.05, 4.69) is 4.99 Å². The molecule has 0 aliphatic rings. The lowest BCUT2D eigenvalue weighted by Crippen LogP contribution is -2.12. The molecule has 1 aromatic carbocycles. The summed E-state index contributed by atoms with van der Waals surface area (Å²) in [5, 5.41) is 1.90. The lowest BCUT2D eigenvalue weighted by Gasteiger charge is -2.04. The standard InChI is InChI=1S/C11H13NO.C6H6OS.C2H6/c1-8-6-4-5-7-10(8)11(12-3)9(2)13;1-5(7)6-3-2-4-8-6;1-2/h4-7H,1-3H3;2-4H,1H3;1-2H3. The van der Waals surface area contributed by atoms with Crippen LogP contribution >= 0.6 is 11.3 Å². The van der Waals surface area contributed by atoms with Crippen molar-refractivity contribution >= 4 is 28.6 Å². The van der Waals surface area contributed by atoms with E-state index in [1.165, 1.54) is 18.3 Å². The Balaban J connectivity index is 0.000000414. The Kier molecular flexibility index (Phi) is 10.5. The SMILES string of the molecule is CC.CC(=O)c1cccs1.CN=C(C(C)=O)c1ccccc1C. The third kappa shape index (κ3) is 7.15. The number of benzene rings is 1. The van der Waals surface area contributed by atoms with Crippen LogP contribution in [0.15, 0.2) is 46.8 Å². The maximum absolute atomic E-state index is 11.2. The van der Waals surface area contributed by atoms with Crippen molar-refractivity contribution in [3.63, 3.8) is 0 Å². The third-order valence-electron chi connectivity index (χ3n) is 2.83. The molecule has 1 aromatic heterocycles. The van der Waals surface area contributed by atoms with E-state index in [1.54, 1.807) is 14.0 Å². The minimum absolute atomic E-state index is 0.0109. The van der Waals surface area contributed by atoms with Gasteiger partial charge in [0.1, 0.15) is 5.71 Å². The van der Waals surface area contributed by atoms with Gasteiger partial charge in [0, 0.05) is 19.5 Å². The van der Waals surface area contributed by atoms with Crippen LogP contribution < -0.4 is 0 Å². The molecule has 0 unspecified atom stereocenters. The average molecular weight is 331 g/mol. The Morgan fingerprint density at radius 1 is 1.00 bits per heavy atom. The highest BCUT2D eigenvalue weighted by Gasteiger charge is 2.09. The van der Waals surface area contributed by atoms with Crippen molar-refractivity contribution in [3.05, 3.63) is 57.8 Å². The molecule has 124 valence electrons. The van der Waals surface area contributed by atoms with Crippen molar-refractivity contribution in [1.82, 2.24) is 0 Å². The Morgan fingerprint density at radius 2 is 1.61 bits per heavy atom. The van der Waals surface area contributed by atoms with Crippen LogP contribution in [-0.2, 0) is 4.79 Å². The summed E-state index contributed by atoms with van der Waals surface area (Å²) in [6, 6.07) is 11.5. The second kappa shape index (κ2) is 11.5. The second-order valence-corrected chi connectivity index (χ2v) is 5.42. The monoisotopic (exact) mass is 331 g/mol. The molecule has 0 saturated heterocycles. The van der Waals surface area contributed by atoms with Crippen molar-refractivity contribution in [2.45, 2.75) is 34.6 Å². The van der Waals surface area contributed by atoms with Gasteiger partial charge in [-0.3, -0.25) is 14.6 Å². The molecule has 0 radical (unpaired) electrons. The Labute approximate surface area is 143 Å². The zero-order chi connectivity index (χ0) is 17.8. The van der Waals surface area contributed by atoms with Crippen LogP contribution in [0.4, 0.5) is 0 Å². The second-order valence-electron chi connectivity index (χ2n) is 4.48. The van der Waals surface area contributed by atoms with Crippen molar-refractivity contribution < 1.29 is 9.59 Å². The first-order valence-corrected chi connectivity index (χ1v) is 8.43. The fourth-order valence-electron chi connectivity index (χ4n) is 1.79. The quantitative estimate of drug-likeness (QED) is 0.588. The molecule has 0 atom stereocenters. The van der Waals surface area contributed by atoms with Crippen LogP contribution in [0, 0.1) is 6.92 Å². The maximum Gasteiger partial charge on any atom is 0.178 e. The normalized spacial score (nSPS) is 9.91. The molecule has 0 aliphatic carbocycles. The van der Waals surface area contributed by atoms with Gasteiger partial charge in [0.2, 0.25) is 0 Å². The van der Waals surface area contributed by atoms with Gasteiger partial charge in [-0.25, -0.2) is 0 Å². The topological polar surface area (TPSA) is 46.5 Å². The summed E-state index contributed by atoms with van der Waals surface area (Å²) >= 11 is 1.48. The number of carbonyl (C=O) groups is 2. The van der Waals surface area contributed by atoms with E-state index in [1.807, 2.05) is 62.5 Å². The summed E-state index contributed by atoms with van der Waals surface area (Å²) in [7, 11) is 1.64. The molecule has 2 aromatic rings. The van der Waals surface area contributed by atoms with E-state index in [9.17, 15) is 9.59 Å². The summed E-state index contributed by atoms with van der Waals surface area (Å²) in [5.41, 5.74) is 2.56. The fraction of sp³-hybridized carbons (Fsp3) is 0.316. The van der Waals surface area contributed by atoms with Crippen molar-refractivity contribution in [2.75, 3.05) is 7.05 Å². The highest BCUT2D eigenvalue weighted by molar-refractivity contribution is 7.12. The number of aryl methyl sites for hydroxylation is 1. The minimum Gasteiger partial charge on any atom is -0.294 e. The van der Waals surface area contributed by atoms with Crippen LogP contribution in [0.1, 0.15) is 48.5 Å². The Hall–Kier alpha value is -2.07. The number of hydrogen-bond acceptors (Lipinski definition) is 4. The zero-order valence-electron chi connectivity index (χ0n) is 14.7. The van der Waals surface area contributed by atoms with Crippen molar-refractivity contribution in [1.29, 1.82) is 0 Å².